The number of hydrogen-bond acceptors (Lipinski definition) is 2. The molecule has 0 saturated carbocycles. The summed E-state index contributed by atoms with van der Waals surface area (Å²) in [6.45, 7) is 5.28. The van der Waals surface area contributed by atoms with E-state index in [1.54, 1.807) is 4.90 Å². The molecule has 4 heteroatoms. The van der Waals surface area contributed by atoms with Crippen molar-refractivity contribution in [2.75, 3.05) is 13.1 Å². The third-order valence-corrected chi connectivity index (χ3v) is 4.47. The lowest BCUT2D eigenvalue weighted by atomic mass is 9.80. The molecule has 1 N–H and O–H groups in total. The minimum absolute atomic E-state index is 0.0889. The van der Waals surface area contributed by atoms with Gasteiger partial charge in [-0.25, -0.2) is 0 Å². The number of halogens is 1. The van der Waals surface area contributed by atoms with Crippen molar-refractivity contribution in [1.82, 2.24) is 4.90 Å². The number of carbonyl (C=O) groups is 1. The molecule has 0 bridgehead atoms. The van der Waals surface area contributed by atoms with E-state index < -0.39 is 6.10 Å². The first kappa shape index (κ1) is 14.5. The molecule has 1 atom stereocenters. The number of β-amino-alcohol motifs (C(OH)–C–C–N with tert-alkyl or cyclic N) is 1. The molecule has 0 spiro atoms. The molecule has 1 aliphatic heterocycles. The summed E-state index contributed by atoms with van der Waals surface area (Å²) in [5, 5.41) is 10.1. The predicted octanol–water partition coefficient (Wildman–Crippen LogP) is 2.61. The van der Waals surface area contributed by atoms with Gasteiger partial charge in [0.05, 0.1) is 12.5 Å². The SMILES string of the molecule is CC1(C)CCN(C(=O)Cc2ccc(Br)cc2)CC1O. The van der Waals surface area contributed by atoms with Crippen LogP contribution in [0.15, 0.2) is 28.7 Å². The fraction of sp³-hybridized carbons (Fsp3) is 0.533. The molecular formula is C15H20BrNO2. The average Bonchev–Trinajstić information content (AvgIpc) is 2.35. The minimum atomic E-state index is -0.435. The number of hydrogen-bond donors (Lipinski definition) is 1. The Labute approximate surface area is 122 Å². The smallest absolute Gasteiger partial charge is 0.227 e. The maximum absolute atomic E-state index is 12.2. The van der Waals surface area contributed by atoms with Gasteiger partial charge in [-0.15, -0.1) is 0 Å². The van der Waals surface area contributed by atoms with Crippen LogP contribution in [0.2, 0.25) is 0 Å². The number of piperidine rings is 1. The molecule has 1 aromatic carbocycles. The van der Waals surface area contributed by atoms with Crippen LogP contribution in [0.1, 0.15) is 25.8 Å². The van der Waals surface area contributed by atoms with Crippen molar-refractivity contribution >= 4 is 21.8 Å². The van der Waals surface area contributed by atoms with Crippen molar-refractivity contribution in [2.45, 2.75) is 32.8 Å². The number of nitrogens with zero attached hydrogens (tertiary/aromatic N) is 1. The van der Waals surface area contributed by atoms with E-state index in [4.69, 9.17) is 0 Å². The third-order valence-electron chi connectivity index (χ3n) is 3.94. The quantitative estimate of drug-likeness (QED) is 0.908. The molecule has 1 saturated heterocycles. The number of rotatable bonds is 2. The Kier molecular flexibility index (Phi) is 4.31. The molecule has 0 aromatic heterocycles. The molecular weight excluding hydrogens is 306 g/mol. The first-order chi connectivity index (χ1) is 8.88. The molecule has 1 fully saturated rings. The predicted molar refractivity (Wildman–Crippen MR) is 78.8 cm³/mol. The maximum Gasteiger partial charge on any atom is 0.227 e. The van der Waals surface area contributed by atoms with E-state index in [1.807, 2.05) is 38.1 Å². The first-order valence-corrected chi connectivity index (χ1v) is 7.38. The second kappa shape index (κ2) is 5.63. The molecule has 0 radical (unpaired) electrons. The second-order valence-electron chi connectivity index (χ2n) is 5.90. The summed E-state index contributed by atoms with van der Waals surface area (Å²) in [6, 6.07) is 7.78. The lowest BCUT2D eigenvalue weighted by Crippen LogP contribution is -2.50. The Morgan fingerprint density at radius 3 is 2.63 bits per heavy atom. The van der Waals surface area contributed by atoms with Gasteiger partial charge in [0, 0.05) is 17.6 Å². The van der Waals surface area contributed by atoms with Gasteiger partial charge in [-0.05, 0) is 29.5 Å². The van der Waals surface area contributed by atoms with Gasteiger partial charge in [0.25, 0.3) is 0 Å². The standard InChI is InChI=1S/C15H20BrNO2/c1-15(2)7-8-17(10-13(15)18)14(19)9-11-3-5-12(16)6-4-11/h3-6,13,18H,7-10H2,1-2H3. The van der Waals surface area contributed by atoms with Gasteiger partial charge in [-0.1, -0.05) is 41.9 Å². The zero-order valence-corrected chi connectivity index (χ0v) is 13.0. The monoisotopic (exact) mass is 325 g/mol. The summed E-state index contributed by atoms with van der Waals surface area (Å²) in [5.74, 6) is 0.0943. The van der Waals surface area contributed by atoms with Crippen LogP contribution in [0, 0.1) is 5.41 Å². The number of aliphatic hydroxyl groups excluding tert-OH is 1. The van der Waals surface area contributed by atoms with E-state index in [-0.39, 0.29) is 11.3 Å². The Balaban J connectivity index is 1.96. The van der Waals surface area contributed by atoms with Crippen molar-refractivity contribution in [3.8, 4) is 0 Å². The van der Waals surface area contributed by atoms with E-state index in [1.165, 1.54) is 0 Å². The van der Waals surface area contributed by atoms with E-state index in [2.05, 4.69) is 15.9 Å². The zero-order chi connectivity index (χ0) is 14.0. The number of carbonyl (C=O) groups excluding carboxylic acids is 1. The Bertz CT molecular complexity index is 456. The minimum Gasteiger partial charge on any atom is -0.391 e. The first-order valence-electron chi connectivity index (χ1n) is 6.59. The van der Waals surface area contributed by atoms with Crippen molar-refractivity contribution in [1.29, 1.82) is 0 Å². The normalized spacial score (nSPS) is 22.3. The highest BCUT2D eigenvalue weighted by Crippen LogP contribution is 2.30. The van der Waals surface area contributed by atoms with Crippen LogP contribution in [-0.4, -0.2) is 35.1 Å². The number of amides is 1. The third kappa shape index (κ3) is 3.57. The maximum atomic E-state index is 12.2. The van der Waals surface area contributed by atoms with Crippen molar-refractivity contribution in [2.24, 2.45) is 5.41 Å². The Morgan fingerprint density at radius 1 is 1.42 bits per heavy atom. The molecule has 2 rings (SSSR count). The van der Waals surface area contributed by atoms with E-state index in [0.29, 0.717) is 13.0 Å². The highest BCUT2D eigenvalue weighted by Gasteiger charge is 2.35. The summed E-state index contributed by atoms with van der Waals surface area (Å²) in [6.07, 6.45) is 0.816. The van der Waals surface area contributed by atoms with Gasteiger partial charge in [-0.2, -0.15) is 0 Å². The molecule has 104 valence electrons. The Morgan fingerprint density at radius 2 is 2.05 bits per heavy atom. The molecule has 1 heterocycles. The van der Waals surface area contributed by atoms with Crippen LogP contribution in [-0.2, 0) is 11.2 Å². The summed E-state index contributed by atoms with van der Waals surface area (Å²) < 4.78 is 1.01. The topological polar surface area (TPSA) is 40.5 Å². The van der Waals surface area contributed by atoms with Gasteiger partial charge in [0.2, 0.25) is 5.91 Å². The van der Waals surface area contributed by atoms with Gasteiger partial charge < -0.3 is 10.0 Å². The molecule has 1 aliphatic rings. The van der Waals surface area contributed by atoms with Gasteiger partial charge in [0.15, 0.2) is 0 Å². The fourth-order valence-corrected chi connectivity index (χ4v) is 2.52. The van der Waals surface area contributed by atoms with Crippen molar-refractivity contribution in [3.05, 3.63) is 34.3 Å². The molecule has 1 unspecified atom stereocenters. The molecule has 1 amide bonds. The van der Waals surface area contributed by atoms with Gasteiger partial charge >= 0.3 is 0 Å². The molecule has 19 heavy (non-hydrogen) atoms. The lowest BCUT2D eigenvalue weighted by molar-refractivity contribution is -0.137. The highest BCUT2D eigenvalue weighted by atomic mass is 79.9. The Hall–Kier alpha value is -0.870. The number of likely N-dealkylation sites (tertiary alicyclic amines) is 1. The summed E-state index contributed by atoms with van der Waals surface area (Å²) >= 11 is 3.38. The van der Waals surface area contributed by atoms with Crippen LogP contribution in [0.25, 0.3) is 0 Å². The van der Waals surface area contributed by atoms with Crippen molar-refractivity contribution < 1.29 is 9.90 Å². The summed E-state index contributed by atoms with van der Waals surface area (Å²) in [4.78, 5) is 14.0. The van der Waals surface area contributed by atoms with Crippen LogP contribution < -0.4 is 0 Å². The molecule has 1 aromatic rings. The van der Waals surface area contributed by atoms with Crippen LogP contribution in [0.5, 0.6) is 0 Å². The second-order valence-corrected chi connectivity index (χ2v) is 6.81. The lowest BCUT2D eigenvalue weighted by Gasteiger charge is -2.41. The number of aliphatic hydroxyl groups is 1. The summed E-state index contributed by atoms with van der Waals surface area (Å²) in [7, 11) is 0. The van der Waals surface area contributed by atoms with E-state index in [9.17, 15) is 9.90 Å². The highest BCUT2D eigenvalue weighted by molar-refractivity contribution is 9.10. The fourth-order valence-electron chi connectivity index (χ4n) is 2.25. The van der Waals surface area contributed by atoms with Crippen molar-refractivity contribution in [3.63, 3.8) is 0 Å². The largest absolute Gasteiger partial charge is 0.391 e. The van der Waals surface area contributed by atoms with Crippen LogP contribution in [0.4, 0.5) is 0 Å². The van der Waals surface area contributed by atoms with Gasteiger partial charge in [-0.3, -0.25) is 4.79 Å². The average molecular weight is 326 g/mol. The zero-order valence-electron chi connectivity index (χ0n) is 11.4. The molecule has 0 aliphatic carbocycles. The summed E-state index contributed by atoms with van der Waals surface area (Å²) in [5.41, 5.74) is 0.918. The van der Waals surface area contributed by atoms with E-state index in [0.717, 1.165) is 23.0 Å². The van der Waals surface area contributed by atoms with Crippen LogP contribution in [0.3, 0.4) is 0 Å². The van der Waals surface area contributed by atoms with Crippen LogP contribution >= 0.6 is 15.9 Å². The molecule has 3 nitrogen and oxygen atoms in total. The number of benzene rings is 1. The van der Waals surface area contributed by atoms with Gasteiger partial charge in [0.1, 0.15) is 0 Å². The van der Waals surface area contributed by atoms with E-state index >= 15 is 0 Å².